The molecule has 1 unspecified atom stereocenters. The maximum absolute atomic E-state index is 13.6. The number of nitrogens with two attached hydrogens (primary N) is 1. The van der Waals surface area contributed by atoms with E-state index in [1.54, 1.807) is 0 Å². The minimum Gasteiger partial charge on any atom is -0.382 e. The molecule has 0 aliphatic heterocycles. The SMILES string of the molecule is CCOCCCNC(N)=NCC(C)c1ccc(F)cc1F. The molecule has 21 heavy (non-hydrogen) atoms. The Bertz CT molecular complexity index is 466. The molecule has 118 valence electrons. The molecule has 0 radical (unpaired) electrons. The highest BCUT2D eigenvalue weighted by Gasteiger charge is 2.11. The average Bonchev–Trinajstić information content (AvgIpc) is 2.44. The Morgan fingerprint density at radius 3 is 2.86 bits per heavy atom. The number of halogens is 2. The molecule has 0 fully saturated rings. The van der Waals surface area contributed by atoms with E-state index in [4.69, 9.17) is 10.5 Å². The van der Waals surface area contributed by atoms with Gasteiger partial charge in [0.05, 0.1) is 0 Å². The van der Waals surface area contributed by atoms with Crippen LogP contribution in [0.3, 0.4) is 0 Å². The van der Waals surface area contributed by atoms with E-state index in [0.717, 1.165) is 12.5 Å². The van der Waals surface area contributed by atoms with Crippen LogP contribution < -0.4 is 11.1 Å². The molecule has 0 saturated heterocycles. The van der Waals surface area contributed by atoms with Gasteiger partial charge in [-0.1, -0.05) is 13.0 Å². The van der Waals surface area contributed by atoms with Crippen molar-refractivity contribution in [3.05, 3.63) is 35.4 Å². The maximum atomic E-state index is 13.6. The molecule has 1 aromatic carbocycles. The van der Waals surface area contributed by atoms with E-state index in [1.165, 1.54) is 12.1 Å². The highest BCUT2D eigenvalue weighted by Crippen LogP contribution is 2.19. The molecule has 1 aromatic rings. The molecule has 0 aliphatic carbocycles. The van der Waals surface area contributed by atoms with Crippen molar-refractivity contribution in [3.8, 4) is 0 Å². The van der Waals surface area contributed by atoms with Gasteiger partial charge < -0.3 is 15.8 Å². The number of nitrogens with one attached hydrogen (secondary N) is 1. The molecule has 0 saturated carbocycles. The average molecular weight is 299 g/mol. The highest BCUT2D eigenvalue weighted by molar-refractivity contribution is 5.77. The summed E-state index contributed by atoms with van der Waals surface area (Å²) in [6.07, 6.45) is 0.839. The smallest absolute Gasteiger partial charge is 0.188 e. The molecule has 0 spiro atoms. The van der Waals surface area contributed by atoms with Gasteiger partial charge in [-0.25, -0.2) is 8.78 Å². The predicted octanol–water partition coefficient (Wildman–Crippen LogP) is 2.40. The summed E-state index contributed by atoms with van der Waals surface area (Å²) >= 11 is 0. The number of nitrogens with zero attached hydrogens (tertiary/aromatic N) is 1. The van der Waals surface area contributed by atoms with Crippen molar-refractivity contribution in [1.82, 2.24) is 5.32 Å². The lowest BCUT2D eigenvalue weighted by Crippen LogP contribution is -2.33. The second kappa shape index (κ2) is 9.28. The number of guanidine groups is 1. The van der Waals surface area contributed by atoms with Crippen LogP contribution in [-0.4, -0.2) is 32.3 Å². The quantitative estimate of drug-likeness (QED) is 0.440. The van der Waals surface area contributed by atoms with Gasteiger partial charge in [0.15, 0.2) is 5.96 Å². The Balaban J connectivity index is 2.39. The monoisotopic (exact) mass is 299 g/mol. The molecule has 0 bridgehead atoms. The molecule has 0 aliphatic rings. The zero-order chi connectivity index (χ0) is 15.7. The normalized spacial score (nSPS) is 13.2. The third kappa shape index (κ3) is 6.53. The molecule has 6 heteroatoms. The van der Waals surface area contributed by atoms with Crippen LogP contribution in [0.25, 0.3) is 0 Å². The van der Waals surface area contributed by atoms with Crippen molar-refractivity contribution in [2.45, 2.75) is 26.2 Å². The van der Waals surface area contributed by atoms with Gasteiger partial charge in [0.2, 0.25) is 0 Å². The van der Waals surface area contributed by atoms with Gasteiger partial charge in [-0.2, -0.15) is 0 Å². The van der Waals surface area contributed by atoms with Crippen LogP contribution in [0.15, 0.2) is 23.2 Å². The second-order valence-corrected chi connectivity index (χ2v) is 4.77. The lowest BCUT2D eigenvalue weighted by molar-refractivity contribution is 0.145. The molecule has 1 rings (SSSR count). The summed E-state index contributed by atoms with van der Waals surface area (Å²) in [6, 6.07) is 3.56. The Morgan fingerprint density at radius 2 is 2.19 bits per heavy atom. The minimum absolute atomic E-state index is 0.172. The molecule has 1 atom stereocenters. The fourth-order valence-corrected chi connectivity index (χ4v) is 1.83. The zero-order valence-electron chi connectivity index (χ0n) is 12.5. The molecule has 0 amide bonds. The third-order valence-corrected chi connectivity index (χ3v) is 3.00. The fourth-order valence-electron chi connectivity index (χ4n) is 1.83. The Hall–Kier alpha value is -1.69. The van der Waals surface area contributed by atoms with E-state index < -0.39 is 11.6 Å². The van der Waals surface area contributed by atoms with Crippen molar-refractivity contribution in [2.24, 2.45) is 10.7 Å². The lowest BCUT2D eigenvalue weighted by Gasteiger charge is -2.11. The minimum atomic E-state index is -0.581. The summed E-state index contributed by atoms with van der Waals surface area (Å²) in [7, 11) is 0. The number of rotatable bonds is 8. The first kappa shape index (κ1) is 17.4. The number of hydrogen-bond acceptors (Lipinski definition) is 2. The van der Waals surface area contributed by atoms with Gasteiger partial charge in [-0.05, 0) is 25.0 Å². The van der Waals surface area contributed by atoms with Crippen LogP contribution in [0.2, 0.25) is 0 Å². The van der Waals surface area contributed by atoms with Gasteiger partial charge >= 0.3 is 0 Å². The largest absolute Gasteiger partial charge is 0.382 e. The van der Waals surface area contributed by atoms with E-state index in [1.807, 2.05) is 13.8 Å². The van der Waals surface area contributed by atoms with Crippen LogP contribution in [0.1, 0.15) is 31.7 Å². The highest BCUT2D eigenvalue weighted by atomic mass is 19.1. The number of aliphatic imine (C=N–C) groups is 1. The Labute approximate surface area is 124 Å². The van der Waals surface area contributed by atoms with E-state index in [-0.39, 0.29) is 5.92 Å². The van der Waals surface area contributed by atoms with Crippen molar-refractivity contribution in [3.63, 3.8) is 0 Å². The molecule has 0 aromatic heterocycles. The number of benzene rings is 1. The van der Waals surface area contributed by atoms with E-state index in [2.05, 4.69) is 10.3 Å². The second-order valence-electron chi connectivity index (χ2n) is 4.77. The standard InChI is InChI=1S/C15H23F2N3O/c1-3-21-8-4-7-19-15(18)20-10-11(2)13-6-5-12(16)9-14(13)17/h5-6,9,11H,3-4,7-8,10H2,1-2H3,(H3,18,19,20). The van der Waals surface area contributed by atoms with Crippen LogP contribution in [0.4, 0.5) is 8.78 Å². The van der Waals surface area contributed by atoms with E-state index >= 15 is 0 Å². The molecular formula is C15H23F2N3O. The van der Waals surface area contributed by atoms with Crippen LogP contribution in [0.5, 0.6) is 0 Å². The summed E-state index contributed by atoms with van der Waals surface area (Å²) < 4.78 is 31.6. The molecule has 0 heterocycles. The van der Waals surface area contributed by atoms with Crippen LogP contribution in [0, 0.1) is 11.6 Å². The number of ether oxygens (including phenoxy) is 1. The van der Waals surface area contributed by atoms with Gasteiger partial charge in [-0.3, -0.25) is 4.99 Å². The van der Waals surface area contributed by atoms with E-state index in [0.29, 0.717) is 37.8 Å². The summed E-state index contributed by atoms with van der Waals surface area (Å²) in [5.41, 5.74) is 6.16. The molecule has 4 nitrogen and oxygen atoms in total. The van der Waals surface area contributed by atoms with Crippen LogP contribution >= 0.6 is 0 Å². The fraction of sp³-hybridized carbons (Fsp3) is 0.533. The molecule has 3 N–H and O–H groups in total. The van der Waals surface area contributed by atoms with Crippen molar-refractivity contribution in [1.29, 1.82) is 0 Å². The predicted molar refractivity (Wildman–Crippen MR) is 80.4 cm³/mol. The third-order valence-electron chi connectivity index (χ3n) is 3.00. The van der Waals surface area contributed by atoms with Gasteiger partial charge in [-0.15, -0.1) is 0 Å². The van der Waals surface area contributed by atoms with Crippen molar-refractivity contribution < 1.29 is 13.5 Å². The first-order chi connectivity index (χ1) is 10.0. The lowest BCUT2D eigenvalue weighted by atomic mass is 10.0. The van der Waals surface area contributed by atoms with Gasteiger partial charge in [0.25, 0.3) is 0 Å². The van der Waals surface area contributed by atoms with Crippen LogP contribution in [-0.2, 0) is 4.74 Å². The van der Waals surface area contributed by atoms with Crippen molar-refractivity contribution in [2.75, 3.05) is 26.3 Å². The molecular weight excluding hydrogens is 276 g/mol. The summed E-state index contributed by atoms with van der Waals surface area (Å²) in [6.45, 7) is 6.15. The van der Waals surface area contributed by atoms with Gasteiger partial charge in [0, 0.05) is 38.3 Å². The number of hydrogen-bond donors (Lipinski definition) is 2. The Kier molecular flexibility index (Phi) is 7.68. The summed E-state index contributed by atoms with van der Waals surface area (Å²) in [4.78, 5) is 4.16. The first-order valence-corrected chi connectivity index (χ1v) is 7.11. The summed E-state index contributed by atoms with van der Waals surface area (Å²) in [5.74, 6) is -0.987. The van der Waals surface area contributed by atoms with E-state index in [9.17, 15) is 8.78 Å². The maximum Gasteiger partial charge on any atom is 0.188 e. The van der Waals surface area contributed by atoms with Crippen molar-refractivity contribution >= 4 is 5.96 Å². The summed E-state index contributed by atoms with van der Waals surface area (Å²) in [5, 5.41) is 2.97. The van der Waals surface area contributed by atoms with Gasteiger partial charge in [0.1, 0.15) is 11.6 Å². The first-order valence-electron chi connectivity index (χ1n) is 7.11. The Morgan fingerprint density at radius 1 is 1.43 bits per heavy atom. The zero-order valence-corrected chi connectivity index (χ0v) is 12.5. The topological polar surface area (TPSA) is 59.6 Å².